The summed E-state index contributed by atoms with van der Waals surface area (Å²) in [7, 11) is -0.654. The summed E-state index contributed by atoms with van der Waals surface area (Å²) in [4.78, 5) is 4.53. The summed E-state index contributed by atoms with van der Waals surface area (Å²) in [6, 6.07) is 11.8. The molecular formula is C23H28FN3O4S. The highest BCUT2D eigenvalue weighted by atomic mass is 32.2. The summed E-state index contributed by atoms with van der Waals surface area (Å²) >= 11 is 0. The van der Waals surface area contributed by atoms with Gasteiger partial charge in [-0.1, -0.05) is 18.2 Å². The molecule has 1 saturated heterocycles. The van der Waals surface area contributed by atoms with Gasteiger partial charge in [0.05, 0.1) is 31.7 Å². The Bertz CT molecular complexity index is 1100. The summed E-state index contributed by atoms with van der Waals surface area (Å²) in [5, 5.41) is 0. The molecule has 0 unspecified atom stereocenters. The van der Waals surface area contributed by atoms with Crippen LogP contribution in [0, 0.1) is 5.82 Å². The number of hydrogen-bond donors (Lipinski definition) is 0. The van der Waals surface area contributed by atoms with Crippen LogP contribution in [-0.2, 0) is 14.8 Å². The number of ether oxygens (including phenoxy) is 2. The second kappa shape index (κ2) is 9.38. The fourth-order valence-electron chi connectivity index (χ4n) is 4.24. The second-order valence-corrected chi connectivity index (χ2v) is 9.64. The number of halogens is 1. The normalized spacial score (nSPS) is 18.2. The molecular weight excluding hydrogens is 433 g/mol. The average molecular weight is 462 g/mol. The molecule has 0 radical (unpaired) electrons. The zero-order valence-corrected chi connectivity index (χ0v) is 19.1. The number of piperazine rings is 1. The molecule has 0 bridgehead atoms. The van der Waals surface area contributed by atoms with E-state index in [1.807, 2.05) is 6.07 Å². The molecule has 0 amide bonds. The molecule has 0 spiro atoms. The highest BCUT2D eigenvalue weighted by Gasteiger charge is 2.34. The molecule has 0 atom stereocenters. The number of hydrogen-bond acceptors (Lipinski definition) is 6. The Morgan fingerprint density at radius 3 is 2.38 bits per heavy atom. The van der Waals surface area contributed by atoms with Crippen LogP contribution in [-0.4, -0.2) is 71.1 Å². The molecule has 2 aliphatic heterocycles. The topological polar surface area (TPSA) is 62.3 Å². The predicted octanol–water partition coefficient (Wildman–Crippen LogP) is 3.00. The van der Waals surface area contributed by atoms with Crippen molar-refractivity contribution in [3.8, 4) is 5.75 Å². The minimum Gasteiger partial charge on any atom is -0.496 e. The number of anilines is 1. The lowest BCUT2D eigenvalue weighted by atomic mass is 10.1. The number of rotatable bonds is 7. The maximum absolute atomic E-state index is 14.0. The summed E-state index contributed by atoms with van der Waals surface area (Å²) in [6.45, 7) is 4.20. The van der Waals surface area contributed by atoms with E-state index in [0.29, 0.717) is 35.7 Å². The molecule has 172 valence electrons. The van der Waals surface area contributed by atoms with Crippen molar-refractivity contribution in [3.63, 3.8) is 0 Å². The fourth-order valence-corrected chi connectivity index (χ4v) is 5.81. The first-order chi connectivity index (χ1) is 15.5. The minimum absolute atomic E-state index is 0.190. The maximum atomic E-state index is 14.0. The molecule has 0 saturated carbocycles. The van der Waals surface area contributed by atoms with Crippen LogP contribution in [0.5, 0.6) is 5.75 Å². The lowest BCUT2D eigenvalue weighted by molar-refractivity contribution is 0.249. The molecule has 9 heteroatoms. The zero-order chi connectivity index (χ0) is 22.7. The Labute approximate surface area is 188 Å². The predicted molar refractivity (Wildman–Crippen MR) is 122 cm³/mol. The van der Waals surface area contributed by atoms with Gasteiger partial charge in [0, 0.05) is 39.3 Å². The van der Waals surface area contributed by atoms with Gasteiger partial charge in [0.2, 0.25) is 0 Å². The van der Waals surface area contributed by atoms with E-state index in [1.54, 1.807) is 30.3 Å². The van der Waals surface area contributed by atoms with E-state index in [9.17, 15) is 12.8 Å². The Hall–Kier alpha value is -2.78. The van der Waals surface area contributed by atoms with Gasteiger partial charge in [-0.2, -0.15) is 0 Å². The van der Waals surface area contributed by atoms with E-state index < -0.39 is 10.0 Å². The van der Waals surface area contributed by atoms with Crippen molar-refractivity contribution >= 4 is 21.5 Å². The molecule has 1 fully saturated rings. The van der Waals surface area contributed by atoms with Crippen molar-refractivity contribution in [2.45, 2.75) is 11.3 Å². The second-order valence-electron chi connectivity index (χ2n) is 7.78. The van der Waals surface area contributed by atoms with Gasteiger partial charge < -0.3 is 14.4 Å². The van der Waals surface area contributed by atoms with Gasteiger partial charge in [0.25, 0.3) is 10.0 Å². The number of nitrogens with zero attached hydrogens (tertiary/aromatic N) is 3. The maximum Gasteiger partial charge on any atom is 0.264 e. The highest BCUT2D eigenvalue weighted by molar-refractivity contribution is 7.89. The monoisotopic (exact) mass is 461 g/mol. The minimum atomic E-state index is -3.68. The van der Waals surface area contributed by atoms with E-state index in [4.69, 9.17) is 9.47 Å². The van der Waals surface area contributed by atoms with Gasteiger partial charge in [-0.25, -0.2) is 12.8 Å². The summed E-state index contributed by atoms with van der Waals surface area (Å²) in [5.41, 5.74) is 1.09. The Morgan fingerprint density at radius 2 is 1.69 bits per heavy atom. The third kappa shape index (κ3) is 4.27. The molecule has 2 aromatic rings. The SMILES string of the molecule is COC1=CN(CCCN2CCN(c3ccccc3F)CC2)S(=O)(=O)c2cccc(OC)c21. The molecule has 0 aromatic heterocycles. The number of fused-ring (bicyclic) bond motifs is 1. The molecule has 0 aliphatic carbocycles. The molecule has 2 heterocycles. The fraction of sp³-hybridized carbons (Fsp3) is 0.391. The van der Waals surface area contributed by atoms with Crippen molar-refractivity contribution in [1.29, 1.82) is 0 Å². The van der Waals surface area contributed by atoms with Crippen LogP contribution < -0.4 is 9.64 Å². The van der Waals surface area contributed by atoms with Gasteiger partial charge in [0.1, 0.15) is 22.2 Å². The van der Waals surface area contributed by atoms with E-state index in [2.05, 4.69) is 9.80 Å². The quantitative estimate of drug-likeness (QED) is 0.632. The van der Waals surface area contributed by atoms with Crippen molar-refractivity contribution in [2.75, 3.05) is 58.4 Å². The molecule has 0 N–H and O–H groups in total. The van der Waals surface area contributed by atoms with Gasteiger partial charge >= 0.3 is 0 Å². The summed E-state index contributed by atoms with van der Waals surface area (Å²) in [5.74, 6) is 0.728. The molecule has 2 aromatic carbocycles. The number of para-hydroxylation sites is 1. The van der Waals surface area contributed by atoms with Crippen LogP contribution in [0.4, 0.5) is 10.1 Å². The molecule has 4 rings (SSSR count). The van der Waals surface area contributed by atoms with Gasteiger partial charge in [0.15, 0.2) is 0 Å². The first-order valence-corrected chi connectivity index (χ1v) is 12.1. The summed E-state index contributed by atoms with van der Waals surface area (Å²) < 4.78 is 52.5. The highest BCUT2D eigenvalue weighted by Crippen LogP contribution is 2.38. The molecule has 32 heavy (non-hydrogen) atoms. The van der Waals surface area contributed by atoms with Gasteiger partial charge in [-0.15, -0.1) is 0 Å². The van der Waals surface area contributed by atoms with Crippen molar-refractivity contribution in [2.24, 2.45) is 0 Å². The number of sulfonamides is 1. The third-order valence-electron chi connectivity index (χ3n) is 5.94. The van der Waals surface area contributed by atoms with E-state index in [-0.39, 0.29) is 10.7 Å². The van der Waals surface area contributed by atoms with Crippen molar-refractivity contribution in [1.82, 2.24) is 9.21 Å². The van der Waals surface area contributed by atoms with Crippen LogP contribution in [0.3, 0.4) is 0 Å². The third-order valence-corrected chi connectivity index (χ3v) is 7.74. The van der Waals surface area contributed by atoms with Crippen molar-refractivity contribution in [3.05, 3.63) is 60.0 Å². The van der Waals surface area contributed by atoms with Crippen LogP contribution in [0.2, 0.25) is 0 Å². The average Bonchev–Trinajstić information content (AvgIpc) is 2.81. The lowest BCUT2D eigenvalue weighted by Crippen LogP contribution is -2.47. The van der Waals surface area contributed by atoms with Crippen molar-refractivity contribution < 1.29 is 22.3 Å². The molecule has 7 nitrogen and oxygen atoms in total. The van der Waals surface area contributed by atoms with Crippen LogP contribution >= 0.6 is 0 Å². The van der Waals surface area contributed by atoms with E-state index >= 15 is 0 Å². The standard InChI is InChI=1S/C23H28FN3O4S/c1-30-20-9-5-10-22-23(20)21(31-2)17-27(32(22,28)29)12-6-11-25-13-15-26(16-14-25)19-8-4-3-7-18(19)24/h3-5,7-10,17H,6,11-16H2,1-2H3. The Morgan fingerprint density at radius 1 is 0.938 bits per heavy atom. The van der Waals surface area contributed by atoms with Gasteiger partial charge in [-0.3, -0.25) is 9.21 Å². The smallest absolute Gasteiger partial charge is 0.264 e. The Balaban J connectivity index is 1.37. The lowest BCUT2D eigenvalue weighted by Gasteiger charge is -2.36. The van der Waals surface area contributed by atoms with Crippen LogP contribution in [0.15, 0.2) is 53.6 Å². The zero-order valence-electron chi connectivity index (χ0n) is 18.3. The number of methoxy groups -OCH3 is 2. The first-order valence-electron chi connectivity index (χ1n) is 10.6. The molecule has 2 aliphatic rings. The van der Waals surface area contributed by atoms with Crippen LogP contribution in [0.25, 0.3) is 5.76 Å². The number of benzene rings is 2. The van der Waals surface area contributed by atoms with Gasteiger partial charge in [-0.05, 0) is 30.7 Å². The Kier molecular flexibility index (Phi) is 6.57. The van der Waals surface area contributed by atoms with Crippen LogP contribution in [0.1, 0.15) is 12.0 Å². The first kappa shape index (κ1) is 22.4. The van der Waals surface area contributed by atoms with E-state index in [0.717, 1.165) is 32.7 Å². The van der Waals surface area contributed by atoms with E-state index in [1.165, 1.54) is 30.8 Å². The summed E-state index contributed by atoms with van der Waals surface area (Å²) in [6.07, 6.45) is 2.21. The largest absolute Gasteiger partial charge is 0.496 e.